The SMILES string of the molecule is C#CC(C)/C=C\C(=C/C)C1COC(C2=CC=C(C)C=CC2)OC1. The number of hydrogen-bond donors (Lipinski definition) is 0. The monoisotopic (exact) mass is 310 g/mol. The van der Waals surface area contributed by atoms with Crippen molar-refractivity contribution in [1.29, 1.82) is 0 Å². The molecule has 1 aliphatic carbocycles. The van der Waals surface area contributed by atoms with Gasteiger partial charge in [0.2, 0.25) is 0 Å². The van der Waals surface area contributed by atoms with E-state index in [1.54, 1.807) is 0 Å². The first-order chi connectivity index (χ1) is 11.1. The van der Waals surface area contributed by atoms with Crippen molar-refractivity contribution in [2.45, 2.75) is 33.5 Å². The Kier molecular flexibility index (Phi) is 6.65. The summed E-state index contributed by atoms with van der Waals surface area (Å²) >= 11 is 0. The number of hydrogen-bond acceptors (Lipinski definition) is 2. The van der Waals surface area contributed by atoms with Gasteiger partial charge in [-0.25, -0.2) is 0 Å². The van der Waals surface area contributed by atoms with Crippen LogP contribution in [0.25, 0.3) is 0 Å². The molecule has 1 fully saturated rings. The van der Waals surface area contributed by atoms with Gasteiger partial charge in [0.1, 0.15) is 0 Å². The standard InChI is InChI=1S/C21H26O2/c1-5-16(3)10-12-18(6-2)20-14-22-21(23-15-20)19-9-7-8-17(4)11-13-19/h1,6-8,10-13,16,20-21H,9,14-15H2,2-4H3/b12-10-,18-6+. The molecule has 0 amide bonds. The van der Waals surface area contributed by atoms with Crippen molar-refractivity contribution < 1.29 is 9.47 Å². The molecule has 1 saturated heterocycles. The second-order valence-electron chi connectivity index (χ2n) is 6.06. The van der Waals surface area contributed by atoms with Crippen LogP contribution in [0.3, 0.4) is 0 Å². The highest BCUT2D eigenvalue weighted by atomic mass is 16.7. The van der Waals surface area contributed by atoms with E-state index in [2.05, 4.69) is 49.3 Å². The van der Waals surface area contributed by atoms with Crippen molar-refractivity contribution in [3.8, 4) is 12.3 Å². The molecular weight excluding hydrogens is 284 g/mol. The van der Waals surface area contributed by atoms with E-state index in [-0.39, 0.29) is 18.1 Å². The molecule has 23 heavy (non-hydrogen) atoms. The molecule has 1 heterocycles. The molecule has 2 heteroatoms. The van der Waals surface area contributed by atoms with E-state index in [1.165, 1.54) is 16.7 Å². The lowest BCUT2D eigenvalue weighted by Gasteiger charge is -2.31. The third-order valence-electron chi connectivity index (χ3n) is 4.14. The van der Waals surface area contributed by atoms with E-state index >= 15 is 0 Å². The molecule has 2 nitrogen and oxygen atoms in total. The van der Waals surface area contributed by atoms with Crippen LogP contribution in [0.4, 0.5) is 0 Å². The van der Waals surface area contributed by atoms with E-state index in [4.69, 9.17) is 15.9 Å². The van der Waals surface area contributed by atoms with Gasteiger partial charge in [0.05, 0.1) is 13.2 Å². The van der Waals surface area contributed by atoms with Gasteiger partial charge < -0.3 is 9.47 Å². The molecule has 2 rings (SSSR count). The maximum atomic E-state index is 5.97. The highest BCUT2D eigenvalue weighted by Crippen LogP contribution is 2.26. The Morgan fingerprint density at radius 1 is 1.35 bits per heavy atom. The van der Waals surface area contributed by atoms with Gasteiger partial charge in [-0.2, -0.15) is 0 Å². The van der Waals surface area contributed by atoms with E-state index in [1.807, 2.05) is 19.9 Å². The Morgan fingerprint density at radius 2 is 2.09 bits per heavy atom. The van der Waals surface area contributed by atoms with Crippen molar-refractivity contribution >= 4 is 0 Å². The first kappa shape index (κ1) is 17.5. The van der Waals surface area contributed by atoms with Crippen molar-refractivity contribution in [1.82, 2.24) is 0 Å². The van der Waals surface area contributed by atoms with Crippen LogP contribution < -0.4 is 0 Å². The predicted molar refractivity (Wildman–Crippen MR) is 95.7 cm³/mol. The number of rotatable bonds is 4. The Morgan fingerprint density at radius 3 is 2.74 bits per heavy atom. The molecule has 0 aromatic carbocycles. The molecule has 2 aliphatic rings. The smallest absolute Gasteiger partial charge is 0.180 e. The van der Waals surface area contributed by atoms with Crippen LogP contribution in [-0.2, 0) is 9.47 Å². The van der Waals surface area contributed by atoms with Crippen molar-refractivity contribution in [2.24, 2.45) is 11.8 Å². The van der Waals surface area contributed by atoms with Crippen LogP contribution in [0.1, 0.15) is 27.2 Å². The van der Waals surface area contributed by atoms with Gasteiger partial charge >= 0.3 is 0 Å². The van der Waals surface area contributed by atoms with E-state index < -0.39 is 0 Å². The van der Waals surface area contributed by atoms with E-state index in [0.29, 0.717) is 13.2 Å². The lowest BCUT2D eigenvalue weighted by atomic mass is 9.97. The second-order valence-corrected chi connectivity index (χ2v) is 6.06. The third kappa shape index (κ3) is 5.10. The molecule has 0 aromatic heterocycles. The second kappa shape index (κ2) is 8.72. The summed E-state index contributed by atoms with van der Waals surface area (Å²) in [5, 5.41) is 0. The van der Waals surface area contributed by atoms with Gasteiger partial charge in [-0.3, -0.25) is 0 Å². The summed E-state index contributed by atoms with van der Waals surface area (Å²) in [6.45, 7) is 7.48. The predicted octanol–water partition coefficient (Wildman–Crippen LogP) is 4.58. The summed E-state index contributed by atoms with van der Waals surface area (Å²) in [6.07, 6.45) is 20.8. The lowest BCUT2D eigenvalue weighted by Crippen LogP contribution is -2.34. The number of ether oxygens (including phenoxy) is 2. The van der Waals surface area contributed by atoms with Gasteiger partial charge in [-0.1, -0.05) is 54.0 Å². The molecule has 0 aromatic rings. The minimum absolute atomic E-state index is 0.140. The highest BCUT2D eigenvalue weighted by Gasteiger charge is 2.26. The topological polar surface area (TPSA) is 18.5 Å². The maximum absolute atomic E-state index is 5.97. The van der Waals surface area contributed by atoms with Crippen LogP contribution in [0.2, 0.25) is 0 Å². The molecule has 0 radical (unpaired) electrons. The van der Waals surface area contributed by atoms with Crippen LogP contribution in [0.5, 0.6) is 0 Å². The molecule has 0 N–H and O–H groups in total. The quantitative estimate of drug-likeness (QED) is 0.559. The lowest BCUT2D eigenvalue weighted by molar-refractivity contribution is -0.173. The summed E-state index contributed by atoms with van der Waals surface area (Å²) in [4.78, 5) is 0. The molecule has 0 bridgehead atoms. The zero-order valence-electron chi connectivity index (χ0n) is 14.3. The van der Waals surface area contributed by atoms with Gasteiger partial charge in [-0.15, -0.1) is 6.42 Å². The van der Waals surface area contributed by atoms with Gasteiger partial charge in [0.15, 0.2) is 6.29 Å². The average Bonchev–Trinajstić information content (AvgIpc) is 2.80. The summed E-state index contributed by atoms with van der Waals surface area (Å²) in [5.41, 5.74) is 3.64. The first-order valence-corrected chi connectivity index (χ1v) is 8.21. The molecule has 1 aliphatic heterocycles. The van der Waals surface area contributed by atoms with Gasteiger partial charge in [-0.05, 0) is 38.3 Å². The summed E-state index contributed by atoms with van der Waals surface area (Å²) in [6, 6.07) is 0. The summed E-state index contributed by atoms with van der Waals surface area (Å²) < 4.78 is 11.9. The summed E-state index contributed by atoms with van der Waals surface area (Å²) in [5.74, 6) is 3.11. The number of terminal acetylenes is 1. The first-order valence-electron chi connectivity index (χ1n) is 8.21. The molecule has 0 spiro atoms. The fourth-order valence-electron chi connectivity index (χ4n) is 2.61. The van der Waals surface area contributed by atoms with Crippen molar-refractivity contribution in [3.05, 3.63) is 59.3 Å². The minimum Gasteiger partial charge on any atom is -0.348 e. The molecule has 1 atom stereocenters. The average molecular weight is 310 g/mol. The van der Waals surface area contributed by atoms with Gasteiger partial charge in [0, 0.05) is 11.8 Å². The molecule has 1 unspecified atom stereocenters. The highest BCUT2D eigenvalue weighted by molar-refractivity contribution is 5.31. The van der Waals surface area contributed by atoms with Crippen molar-refractivity contribution in [3.63, 3.8) is 0 Å². The van der Waals surface area contributed by atoms with Crippen molar-refractivity contribution in [2.75, 3.05) is 13.2 Å². The molecular formula is C21H26O2. The minimum atomic E-state index is -0.232. The fraction of sp³-hybridized carbons (Fsp3) is 0.429. The van der Waals surface area contributed by atoms with Crippen LogP contribution >= 0.6 is 0 Å². The molecule has 122 valence electrons. The molecule has 0 saturated carbocycles. The van der Waals surface area contributed by atoms with Gasteiger partial charge in [0.25, 0.3) is 0 Å². The van der Waals surface area contributed by atoms with Crippen LogP contribution in [-0.4, -0.2) is 19.5 Å². The Balaban J connectivity index is 1.94. The van der Waals surface area contributed by atoms with Crippen LogP contribution in [0.15, 0.2) is 59.3 Å². The van der Waals surface area contributed by atoms with E-state index in [0.717, 1.165) is 6.42 Å². The third-order valence-corrected chi connectivity index (χ3v) is 4.14. The Hall–Kier alpha value is -1.82. The Bertz CT molecular complexity index is 588. The fourth-order valence-corrected chi connectivity index (χ4v) is 2.61. The largest absolute Gasteiger partial charge is 0.348 e. The zero-order chi connectivity index (χ0) is 16.7. The zero-order valence-corrected chi connectivity index (χ0v) is 14.3. The summed E-state index contributed by atoms with van der Waals surface area (Å²) in [7, 11) is 0. The van der Waals surface area contributed by atoms with E-state index in [9.17, 15) is 0 Å². The number of allylic oxidation sites excluding steroid dienone is 8. The maximum Gasteiger partial charge on any atom is 0.180 e. The Labute approximate surface area is 140 Å². The normalized spacial score (nSPS) is 27.1. The van der Waals surface area contributed by atoms with Crippen LogP contribution in [0, 0.1) is 24.2 Å².